The Morgan fingerprint density at radius 2 is 2.33 bits per heavy atom. The van der Waals surface area contributed by atoms with Crippen LogP contribution in [-0.4, -0.2) is 55.9 Å². The third kappa shape index (κ3) is 4.63. The Morgan fingerprint density at radius 3 is 2.94 bits per heavy atom. The lowest BCUT2D eigenvalue weighted by atomic mass is 10.4. The summed E-state index contributed by atoms with van der Waals surface area (Å²) in [6.07, 6.45) is 0.707. The lowest BCUT2D eigenvalue weighted by Gasteiger charge is -2.10. The van der Waals surface area contributed by atoms with Crippen LogP contribution in [0.3, 0.4) is 0 Å². The van der Waals surface area contributed by atoms with Gasteiger partial charge >= 0.3 is 0 Å². The number of carbonyl (C=O) groups excluding carboxylic acids is 1. The standard InChI is InChI=1S/C10H18N4O3S/c1-7(2)14-6-12-13-10(14)18-5-9(17)11-3-8(16)4-15/h6-8,15-16H,3-5H2,1-2H3,(H,11,17). The van der Waals surface area contributed by atoms with Crippen LogP contribution in [0.1, 0.15) is 19.9 Å². The van der Waals surface area contributed by atoms with Gasteiger partial charge in [0.05, 0.1) is 18.5 Å². The molecule has 1 aromatic rings. The fourth-order valence-electron chi connectivity index (χ4n) is 1.17. The monoisotopic (exact) mass is 274 g/mol. The van der Waals surface area contributed by atoms with Crippen molar-refractivity contribution in [3.8, 4) is 0 Å². The molecule has 0 saturated carbocycles. The summed E-state index contributed by atoms with van der Waals surface area (Å²) in [6.45, 7) is 3.69. The summed E-state index contributed by atoms with van der Waals surface area (Å²) in [5.74, 6) is -0.0189. The molecule has 0 aliphatic rings. The van der Waals surface area contributed by atoms with E-state index in [4.69, 9.17) is 10.2 Å². The molecule has 7 nitrogen and oxygen atoms in total. The third-order valence-corrected chi connectivity index (χ3v) is 3.13. The third-order valence-electron chi connectivity index (χ3n) is 2.17. The van der Waals surface area contributed by atoms with Gasteiger partial charge in [0.25, 0.3) is 0 Å². The second kappa shape index (κ2) is 7.34. The lowest BCUT2D eigenvalue weighted by Crippen LogP contribution is -2.34. The fraction of sp³-hybridized carbons (Fsp3) is 0.700. The van der Waals surface area contributed by atoms with E-state index in [0.29, 0.717) is 5.16 Å². The van der Waals surface area contributed by atoms with Gasteiger partial charge in [-0.2, -0.15) is 0 Å². The number of aliphatic hydroxyl groups is 2. The molecule has 0 aliphatic carbocycles. The summed E-state index contributed by atoms with van der Waals surface area (Å²) in [6, 6.07) is 0.238. The van der Waals surface area contributed by atoms with Gasteiger partial charge in [0.15, 0.2) is 5.16 Å². The normalized spacial score (nSPS) is 12.7. The zero-order valence-corrected chi connectivity index (χ0v) is 11.2. The number of nitrogens with zero attached hydrogens (tertiary/aromatic N) is 3. The van der Waals surface area contributed by atoms with Gasteiger partial charge < -0.3 is 20.1 Å². The quantitative estimate of drug-likeness (QED) is 0.575. The van der Waals surface area contributed by atoms with Gasteiger partial charge in [0.1, 0.15) is 6.33 Å². The number of amides is 1. The maximum atomic E-state index is 11.5. The average Bonchev–Trinajstić information content (AvgIpc) is 2.81. The number of hydrogen-bond acceptors (Lipinski definition) is 6. The minimum Gasteiger partial charge on any atom is -0.394 e. The molecule has 0 radical (unpaired) electrons. The second-order valence-electron chi connectivity index (χ2n) is 4.04. The van der Waals surface area contributed by atoms with Gasteiger partial charge in [0, 0.05) is 12.6 Å². The van der Waals surface area contributed by atoms with Crippen LogP contribution in [0.15, 0.2) is 11.5 Å². The minimum absolute atomic E-state index is 0.0484. The summed E-state index contributed by atoms with van der Waals surface area (Å²) in [5.41, 5.74) is 0. The van der Waals surface area contributed by atoms with Crippen molar-refractivity contribution in [2.24, 2.45) is 0 Å². The van der Waals surface area contributed by atoms with E-state index >= 15 is 0 Å². The molecule has 0 spiro atoms. The first-order valence-corrected chi connectivity index (χ1v) is 6.61. The van der Waals surface area contributed by atoms with E-state index in [0.717, 1.165) is 0 Å². The van der Waals surface area contributed by atoms with E-state index in [1.54, 1.807) is 6.33 Å². The topological polar surface area (TPSA) is 100 Å². The Hall–Kier alpha value is -1.12. The Kier molecular flexibility index (Phi) is 6.10. The van der Waals surface area contributed by atoms with Gasteiger partial charge in [-0.1, -0.05) is 11.8 Å². The van der Waals surface area contributed by atoms with Crippen LogP contribution in [0, 0.1) is 0 Å². The highest BCUT2D eigenvalue weighted by atomic mass is 32.2. The first kappa shape index (κ1) is 14.9. The Balaban J connectivity index is 2.36. The van der Waals surface area contributed by atoms with Crippen LogP contribution >= 0.6 is 11.8 Å². The van der Waals surface area contributed by atoms with Gasteiger partial charge in [-0.3, -0.25) is 4.79 Å². The zero-order chi connectivity index (χ0) is 13.5. The maximum absolute atomic E-state index is 11.5. The van der Waals surface area contributed by atoms with Crippen LogP contribution < -0.4 is 5.32 Å². The highest BCUT2D eigenvalue weighted by molar-refractivity contribution is 7.99. The van der Waals surface area contributed by atoms with Crippen LogP contribution in [0.5, 0.6) is 0 Å². The lowest BCUT2D eigenvalue weighted by molar-refractivity contribution is -0.119. The van der Waals surface area contributed by atoms with E-state index in [1.807, 2.05) is 18.4 Å². The van der Waals surface area contributed by atoms with Crippen LogP contribution in [-0.2, 0) is 4.79 Å². The number of rotatable bonds is 7. The molecular weight excluding hydrogens is 256 g/mol. The molecule has 102 valence electrons. The highest BCUT2D eigenvalue weighted by Gasteiger charge is 2.11. The number of hydrogen-bond donors (Lipinski definition) is 3. The smallest absolute Gasteiger partial charge is 0.230 e. The molecule has 0 saturated heterocycles. The van der Waals surface area contributed by atoms with Crippen molar-refractivity contribution in [2.75, 3.05) is 18.9 Å². The first-order valence-electron chi connectivity index (χ1n) is 5.62. The number of thioether (sulfide) groups is 1. The highest BCUT2D eigenvalue weighted by Crippen LogP contribution is 2.18. The van der Waals surface area contributed by atoms with Crippen molar-refractivity contribution in [1.82, 2.24) is 20.1 Å². The number of aromatic nitrogens is 3. The molecule has 0 bridgehead atoms. The van der Waals surface area contributed by atoms with Crippen LogP contribution in [0.4, 0.5) is 0 Å². The van der Waals surface area contributed by atoms with E-state index in [2.05, 4.69) is 15.5 Å². The van der Waals surface area contributed by atoms with Gasteiger partial charge in [-0.25, -0.2) is 0 Å². The second-order valence-corrected chi connectivity index (χ2v) is 4.99. The maximum Gasteiger partial charge on any atom is 0.230 e. The molecule has 18 heavy (non-hydrogen) atoms. The Morgan fingerprint density at radius 1 is 1.61 bits per heavy atom. The molecule has 1 amide bonds. The number of aliphatic hydroxyl groups excluding tert-OH is 2. The zero-order valence-electron chi connectivity index (χ0n) is 10.4. The predicted octanol–water partition coefficient (Wildman–Crippen LogP) is -0.580. The summed E-state index contributed by atoms with van der Waals surface area (Å²) >= 11 is 1.28. The van der Waals surface area contributed by atoms with E-state index < -0.39 is 6.10 Å². The molecule has 8 heteroatoms. The SMILES string of the molecule is CC(C)n1cnnc1SCC(=O)NCC(O)CO. The molecule has 1 heterocycles. The van der Waals surface area contributed by atoms with Crippen molar-refractivity contribution < 1.29 is 15.0 Å². The van der Waals surface area contributed by atoms with E-state index in [-0.39, 0.29) is 30.9 Å². The molecular formula is C10H18N4O3S. The van der Waals surface area contributed by atoms with Gasteiger partial charge in [-0.15, -0.1) is 10.2 Å². The van der Waals surface area contributed by atoms with Crippen LogP contribution in [0.2, 0.25) is 0 Å². The van der Waals surface area contributed by atoms with Crippen molar-refractivity contribution in [3.05, 3.63) is 6.33 Å². The molecule has 1 unspecified atom stereocenters. The molecule has 0 aliphatic heterocycles. The van der Waals surface area contributed by atoms with Gasteiger partial charge in [-0.05, 0) is 13.8 Å². The molecule has 1 rings (SSSR count). The van der Waals surface area contributed by atoms with Gasteiger partial charge in [0.2, 0.25) is 5.91 Å². The molecule has 1 atom stereocenters. The summed E-state index contributed by atoms with van der Waals surface area (Å²) in [7, 11) is 0. The Labute approximate surface area is 110 Å². The van der Waals surface area contributed by atoms with Crippen molar-refractivity contribution in [1.29, 1.82) is 0 Å². The molecule has 1 aromatic heterocycles. The molecule has 3 N–H and O–H groups in total. The predicted molar refractivity (Wildman–Crippen MR) is 67.2 cm³/mol. The van der Waals surface area contributed by atoms with E-state index in [1.165, 1.54) is 11.8 Å². The molecule has 0 aromatic carbocycles. The summed E-state index contributed by atoms with van der Waals surface area (Å²) < 4.78 is 1.88. The van der Waals surface area contributed by atoms with Crippen LogP contribution in [0.25, 0.3) is 0 Å². The fourth-order valence-corrected chi connectivity index (χ4v) is 2.04. The Bertz CT molecular complexity index is 383. The summed E-state index contributed by atoms with van der Waals surface area (Å²) in [5, 5.41) is 28.6. The first-order chi connectivity index (χ1) is 8.54. The largest absolute Gasteiger partial charge is 0.394 e. The van der Waals surface area contributed by atoms with Crippen molar-refractivity contribution in [2.45, 2.75) is 31.1 Å². The van der Waals surface area contributed by atoms with Crippen molar-refractivity contribution in [3.63, 3.8) is 0 Å². The van der Waals surface area contributed by atoms with Crippen molar-refractivity contribution >= 4 is 17.7 Å². The van der Waals surface area contributed by atoms with E-state index in [9.17, 15) is 4.79 Å². The molecule has 0 fully saturated rings. The summed E-state index contributed by atoms with van der Waals surface area (Å²) in [4.78, 5) is 11.5. The number of nitrogens with one attached hydrogen (secondary N) is 1. The average molecular weight is 274 g/mol. The minimum atomic E-state index is -0.918. The number of carbonyl (C=O) groups is 1.